The molecular weight excluding hydrogens is 390 g/mol. The van der Waals surface area contributed by atoms with E-state index in [4.69, 9.17) is 17.5 Å². The lowest BCUT2D eigenvalue weighted by atomic mass is 9.62. The maximum atomic E-state index is 11.2. The van der Waals surface area contributed by atoms with E-state index in [-0.39, 0.29) is 18.4 Å². The van der Waals surface area contributed by atoms with Crippen LogP contribution in [0, 0.1) is 5.41 Å². The van der Waals surface area contributed by atoms with Gasteiger partial charge in [-0.05, 0) is 50.8 Å². The van der Waals surface area contributed by atoms with Crippen LogP contribution in [0.3, 0.4) is 0 Å². The molecule has 10 heteroatoms. The van der Waals surface area contributed by atoms with Gasteiger partial charge in [0.2, 0.25) is 0 Å². The molecule has 1 saturated carbocycles. The van der Waals surface area contributed by atoms with Crippen molar-refractivity contribution < 1.29 is 37.3 Å². The van der Waals surface area contributed by atoms with Gasteiger partial charge in [0.1, 0.15) is 0 Å². The fraction of sp³-hybridized carbons (Fsp3) is 0.556. The van der Waals surface area contributed by atoms with Gasteiger partial charge >= 0.3 is 22.3 Å². The molecule has 0 spiro atoms. The van der Waals surface area contributed by atoms with Crippen LogP contribution in [-0.4, -0.2) is 58.7 Å². The van der Waals surface area contributed by atoms with Crippen molar-refractivity contribution in [1.82, 2.24) is 4.90 Å². The molecule has 0 radical (unpaired) electrons. The van der Waals surface area contributed by atoms with E-state index in [1.807, 2.05) is 32.3 Å². The second-order valence-electron chi connectivity index (χ2n) is 7.38. The first-order valence-corrected chi connectivity index (χ1v) is 10.1. The summed E-state index contributed by atoms with van der Waals surface area (Å²) in [6.07, 6.45) is 2.61. The third-order valence-corrected chi connectivity index (χ3v) is 5.36. The molecule has 158 valence electrons. The van der Waals surface area contributed by atoms with Crippen LogP contribution in [0.5, 0.6) is 0 Å². The molecule has 0 aromatic heterocycles. The largest absolute Gasteiger partial charge is 0.481 e. The zero-order valence-electron chi connectivity index (χ0n) is 15.9. The molecule has 1 aliphatic carbocycles. The number of hydrogen-bond donors (Lipinski definition) is 4. The molecule has 1 aromatic carbocycles. The summed E-state index contributed by atoms with van der Waals surface area (Å²) < 4.78 is 31.6. The molecule has 0 heterocycles. The lowest BCUT2D eigenvalue weighted by Crippen LogP contribution is -2.47. The minimum absolute atomic E-state index is 0.0718. The molecule has 0 saturated heterocycles. The van der Waals surface area contributed by atoms with Crippen molar-refractivity contribution in [1.29, 1.82) is 0 Å². The Morgan fingerprint density at radius 1 is 0.929 bits per heavy atom. The summed E-state index contributed by atoms with van der Waals surface area (Å²) in [5.41, 5.74) is 0.428. The Balaban J connectivity index is 0.000000696. The quantitative estimate of drug-likeness (QED) is 0.511. The molecule has 2 rings (SSSR count). The maximum absolute atomic E-state index is 11.2. The molecule has 1 aliphatic rings. The van der Waals surface area contributed by atoms with Crippen LogP contribution < -0.4 is 0 Å². The average Bonchev–Trinajstić information content (AvgIpc) is 2.53. The minimum Gasteiger partial charge on any atom is -0.481 e. The molecule has 9 nitrogen and oxygen atoms in total. The summed E-state index contributed by atoms with van der Waals surface area (Å²) in [7, 11) is -0.594. The smallest absolute Gasteiger partial charge is 0.394 e. The molecule has 0 unspecified atom stereocenters. The van der Waals surface area contributed by atoms with Crippen molar-refractivity contribution in [2.45, 2.75) is 44.1 Å². The summed E-state index contributed by atoms with van der Waals surface area (Å²) in [6, 6.07) is 10.2. The normalized spacial score (nSPS) is 18.0. The van der Waals surface area contributed by atoms with Crippen molar-refractivity contribution in [3.05, 3.63) is 35.9 Å². The van der Waals surface area contributed by atoms with Crippen LogP contribution >= 0.6 is 0 Å². The van der Waals surface area contributed by atoms with E-state index in [2.05, 4.69) is 17.0 Å². The number of benzene rings is 1. The molecule has 28 heavy (non-hydrogen) atoms. The van der Waals surface area contributed by atoms with E-state index >= 15 is 0 Å². The highest BCUT2D eigenvalue weighted by atomic mass is 32.3. The van der Waals surface area contributed by atoms with Gasteiger partial charge in [-0.3, -0.25) is 23.6 Å². The zero-order chi connectivity index (χ0) is 21.6. The SMILES string of the molecule is CN(C)C1(c2ccccc2)CCC(CC(=O)O)(CC(=O)O)CC1.O=S(=O)(O)O. The lowest BCUT2D eigenvalue weighted by molar-refractivity contribution is -0.146. The molecule has 0 aliphatic heterocycles. The number of carboxylic acids is 2. The Kier molecular flexibility index (Phi) is 8.12. The lowest BCUT2D eigenvalue weighted by Gasteiger charge is -2.49. The number of rotatable bonds is 6. The Labute approximate surface area is 164 Å². The predicted octanol–water partition coefficient (Wildman–Crippen LogP) is 2.30. The topological polar surface area (TPSA) is 152 Å². The first kappa shape index (κ1) is 24.0. The number of carboxylic acid groups (broad SMARTS) is 2. The van der Waals surface area contributed by atoms with Gasteiger partial charge in [-0.1, -0.05) is 30.3 Å². The minimum atomic E-state index is -4.67. The Morgan fingerprint density at radius 3 is 1.64 bits per heavy atom. The fourth-order valence-electron chi connectivity index (χ4n) is 3.99. The first-order chi connectivity index (χ1) is 12.8. The summed E-state index contributed by atoms with van der Waals surface area (Å²) in [6.45, 7) is 0. The highest BCUT2D eigenvalue weighted by Crippen LogP contribution is 2.51. The number of nitrogens with zero attached hydrogens (tertiary/aromatic N) is 1. The predicted molar refractivity (Wildman–Crippen MR) is 101 cm³/mol. The summed E-state index contributed by atoms with van der Waals surface area (Å²) in [4.78, 5) is 24.6. The highest BCUT2D eigenvalue weighted by molar-refractivity contribution is 7.79. The third kappa shape index (κ3) is 7.19. The standard InChI is InChI=1S/C18H25NO4.H2O4S/c1-19(2)18(14-6-4-3-5-7-14)10-8-17(9-11-18,12-15(20)21)13-16(22)23;1-5(2,3)4/h3-7H,8-13H2,1-2H3,(H,20,21)(H,22,23);(H2,1,2,3,4). The fourth-order valence-corrected chi connectivity index (χ4v) is 3.99. The van der Waals surface area contributed by atoms with Gasteiger partial charge in [-0.2, -0.15) is 8.42 Å². The molecule has 1 fully saturated rings. The van der Waals surface area contributed by atoms with Gasteiger partial charge in [0.25, 0.3) is 0 Å². The van der Waals surface area contributed by atoms with Gasteiger partial charge in [0, 0.05) is 5.54 Å². The van der Waals surface area contributed by atoms with Gasteiger partial charge in [0.05, 0.1) is 12.8 Å². The molecule has 4 N–H and O–H groups in total. The van der Waals surface area contributed by atoms with Gasteiger partial charge in [-0.25, -0.2) is 0 Å². The highest BCUT2D eigenvalue weighted by Gasteiger charge is 2.46. The van der Waals surface area contributed by atoms with Gasteiger partial charge in [-0.15, -0.1) is 0 Å². The second kappa shape index (κ2) is 9.46. The van der Waals surface area contributed by atoms with Crippen LogP contribution in [-0.2, 0) is 25.5 Å². The van der Waals surface area contributed by atoms with Crippen LogP contribution in [0.25, 0.3) is 0 Å². The number of carbonyl (C=O) groups is 2. The Hall–Kier alpha value is -2.01. The van der Waals surface area contributed by atoms with Crippen LogP contribution in [0.2, 0.25) is 0 Å². The Bertz CT molecular complexity index is 742. The van der Waals surface area contributed by atoms with E-state index in [0.29, 0.717) is 12.8 Å². The van der Waals surface area contributed by atoms with E-state index in [1.54, 1.807) is 0 Å². The van der Waals surface area contributed by atoms with E-state index < -0.39 is 27.8 Å². The van der Waals surface area contributed by atoms with Crippen LogP contribution in [0.4, 0.5) is 0 Å². The van der Waals surface area contributed by atoms with E-state index in [9.17, 15) is 19.8 Å². The molecule has 0 bridgehead atoms. The van der Waals surface area contributed by atoms with Crippen LogP contribution in [0.1, 0.15) is 44.1 Å². The number of hydrogen-bond acceptors (Lipinski definition) is 5. The third-order valence-electron chi connectivity index (χ3n) is 5.36. The van der Waals surface area contributed by atoms with Crippen LogP contribution in [0.15, 0.2) is 30.3 Å². The van der Waals surface area contributed by atoms with Gasteiger partial charge in [0.15, 0.2) is 0 Å². The molecule has 0 atom stereocenters. The van der Waals surface area contributed by atoms with E-state index in [1.165, 1.54) is 5.56 Å². The van der Waals surface area contributed by atoms with E-state index in [0.717, 1.165) is 12.8 Å². The van der Waals surface area contributed by atoms with Gasteiger partial charge < -0.3 is 10.2 Å². The second-order valence-corrected chi connectivity index (χ2v) is 8.28. The van der Waals surface area contributed by atoms with Crippen molar-refractivity contribution in [2.24, 2.45) is 5.41 Å². The van der Waals surface area contributed by atoms with Crippen molar-refractivity contribution in [3.63, 3.8) is 0 Å². The Morgan fingerprint density at radius 2 is 1.32 bits per heavy atom. The zero-order valence-corrected chi connectivity index (χ0v) is 16.7. The maximum Gasteiger partial charge on any atom is 0.394 e. The van der Waals surface area contributed by atoms with Crippen molar-refractivity contribution in [2.75, 3.05) is 14.1 Å². The average molecular weight is 417 g/mol. The first-order valence-electron chi connectivity index (χ1n) is 8.66. The van der Waals surface area contributed by atoms with Crippen molar-refractivity contribution >= 4 is 22.3 Å². The summed E-state index contributed by atoms with van der Waals surface area (Å²) in [5, 5.41) is 18.4. The monoisotopic (exact) mass is 417 g/mol. The molecular formula is C18H27NO8S. The number of aliphatic carboxylic acids is 2. The molecule has 1 aromatic rings. The molecule has 0 amide bonds. The summed E-state index contributed by atoms with van der Waals surface area (Å²) >= 11 is 0. The van der Waals surface area contributed by atoms with Crippen molar-refractivity contribution in [3.8, 4) is 0 Å². The summed E-state index contributed by atoms with van der Waals surface area (Å²) in [5.74, 6) is -1.83.